The van der Waals surface area contributed by atoms with Crippen molar-refractivity contribution in [1.82, 2.24) is 10.2 Å². The number of ether oxygens (including phenoxy) is 1. The normalized spacial score (nSPS) is 19.8. The quantitative estimate of drug-likeness (QED) is 0.691. The summed E-state index contributed by atoms with van der Waals surface area (Å²) in [5.74, 6) is -1.46. The predicted octanol–water partition coefficient (Wildman–Crippen LogP) is 3.63. The van der Waals surface area contributed by atoms with Gasteiger partial charge >= 0.3 is 12.1 Å². The molecule has 2 aromatic rings. The van der Waals surface area contributed by atoms with Crippen molar-refractivity contribution in [2.45, 2.75) is 44.7 Å². The smallest absolute Gasteiger partial charge is 0.407 e. The highest BCUT2D eigenvalue weighted by Crippen LogP contribution is 2.44. The van der Waals surface area contributed by atoms with Crippen LogP contribution in [0.4, 0.5) is 4.79 Å². The standard InChI is InChI=1S/C25H28N2O5/c1-3-27(15(2)24(29)30)23(28)16-12-17(13-16)26-25(31)32-14-22-20-10-6-4-8-18(20)19-9-5-7-11-21(19)22/h4-11,15-17,22H,3,12-14H2,1-2H3,(H,26,31)(H,29,30). The maximum Gasteiger partial charge on any atom is 0.407 e. The van der Waals surface area contributed by atoms with Crippen molar-refractivity contribution in [3.05, 3.63) is 59.7 Å². The van der Waals surface area contributed by atoms with Gasteiger partial charge in [0.1, 0.15) is 12.6 Å². The van der Waals surface area contributed by atoms with Gasteiger partial charge in [0.25, 0.3) is 0 Å². The topological polar surface area (TPSA) is 95.9 Å². The second-order valence-electron chi connectivity index (χ2n) is 8.47. The van der Waals surface area contributed by atoms with E-state index in [0.717, 1.165) is 11.1 Å². The van der Waals surface area contributed by atoms with E-state index in [1.165, 1.54) is 23.0 Å². The van der Waals surface area contributed by atoms with Gasteiger partial charge in [-0.2, -0.15) is 0 Å². The zero-order chi connectivity index (χ0) is 22.8. The van der Waals surface area contributed by atoms with E-state index in [0.29, 0.717) is 19.4 Å². The monoisotopic (exact) mass is 436 g/mol. The number of rotatable bonds is 7. The van der Waals surface area contributed by atoms with E-state index in [2.05, 4.69) is 29.6 Å². The van der Waals surface area contributed by atoms with E-state index in [4.69, 9.17) is 4.74 Å². The molecule has 2 aromatic carbocycles. The maximum atomic E-state index is 12.6. The van der Waals surface area contributed by atoms with Crippen LogP contribution in [0, 0.1) is 5.92 Å². The predicted molar refractivity (Wildman–Crippen MR) is 119 cm³/mol. The third-order valence-corrected chi connectivity index (χ3v) is 6.60. The van der Waals surface area contributed by atoms with Crippen molar-refractivity contribution in [3.8, 4) is 11.1 Å². The number of nitrogens with one attached hydrogen (secondary N) is 1. The molecule has 2 aliphatic carbocycles. The summed E-state index contributed by atoms with van der Waals surface area (Å²) in [6.07, 6.45) is 0.492. The Morgan fingerprint density at radius 1 is 1.06 bits per heavy atom. The molecule has 0 spiro atoms. The molecule has 0 aromatic heterocycles. The first-order valence-corrected chi connectivity index (χ1v) is 11.1. The lowest BCUT2D eigenvalue weighted by Crippen LogP contribution is -2.53. The Balaban J connectivity index is 1.29. The number of benzene rings is 2. The minimum absolute atomic E-state index is 0.000476. The van der Waals surface area contributed by atoms with E-state index in [1.807, 2.05) is 24.3 Å². The zero-order valence-corrected chi connectivity index (χ0v) is 18.3. The average Bonchev–Trinajstić information content (AvgIpc) is 3.08. The van der Waals surface area contributed by atoms with E-state index < -0.39 is 18.1 Å². The van der Waals surface area contributed by atoms with Gasteiger partial charge in [-0.15, -0.1) is 0 Å². The van der Waals surface area contributed by atoms with Crippen molar-refractivity contribution in [2.24, 2.45) is 5.92 Å². The Labute approximate surface area is 187 Å². The van der Waals surface area contributed by atoms with Gasteiger partial charge in [-0.25, -0.2) is 9.59 Å². The molecular weight excluding hydrogens is 408 g/mol. The van der Waals surface area contributed by atoms with Crippen molar-refractivity contribution in [2.75, 3.05) is 13.2 Å². The summed E-state index contributed by atoms with van der Waals surface area (Å²) < 4.78 is 5.56. The summed E-state index contributed by atoms with van der Waals surface area (Å²) in [4.78, 5) is 37.6. The van der Waals surface area contributed by atoms with Gasteiger partial charge in [-0.05, 0) is 48.9 Å². The highest BCUT2D eigenvalue weighted by Gasteiger charge is 2.39. The molecule has 1 unspecified atom stereocenters. The van der Waals surface area contributed by atoms with Gasteiger partial charge in [0.2, 0.25) is 5.91 Å². The van der Waals surface area contributed by atoms with Crippen molar-refractivity contribution in [1.29, 1.82) is 0 Å². The van der Waals surface area contributed by atoms with Crippen LogP contribution >= 0.6 is 0 Å². The number of hydrogen-bond donors (Lipinski definition) is 2. The number of hydrogen-bond acceptors (Lipinski definition) is 4. The maximum absolute atomic E-state index is 12.6. The van der Waals surface area contributed by atoms with E-state index in [-0.39, 0.29) is 30.4 Å². The van der Waals surface area contributed by atoms with Gasteiger partial charge in [0.15, 0.2) is 0 Å². The fraction of sp³-hybridized carbons (Fsp3) is 0.400. The summed E-state index contributed by atoms with van der Waals surface area (Å²) in [6.45, 7) is 3.86. The van der Waals surface area contributed by atoms with Crippen LogP contribution < -0.4 is 5.32 Å². The first-order valence-electron chi connectivity index (χ1n) is 11.1. The largest absolute Gasteiger partial charge is 0.480 e. The van der Waals surface area contributed by atoms with Gasteiger partial charge < -0.3 is 20.1 Å². The Morgan fingerprint density at radius 2 is 1.62 bits per heavy atom. The van der Waals surface area contributed by atoms with Crippen LogP contribution in [-0.2, 0) is 14.3 Å². The lowest BCUT2D eigenvalue weighted by molar-refractivity contribution is -0.152. The number of carboxylic acid groups (broad SMARTS) is 1. The molecular formula is C25H28N2O5. The summed E-state index contributed by atoms with van der Waals surface area (Å²) in [6, 6.07) is 15.3. The number of carbonyl (C=O) groups is 3. The van der Waals surface area contributed by atoms with Crippen LogP contribution in [0.5, 0.6) is 0 Å². The van der Waals surface area contributed by atoms with Crippen LogP contribution in [0.15, 0.2) is 48.5 Å². The molecule has 2 amide bonds. The molecule has 1 atom stereocenters. The van der Waals surface area contributed by atoms with E-state index in [1.54, 1.807) is 6.92 Å². The molecule has 4 rings (SSSR count). The number of amides is 2. The third kappa shape index (κ3) is 4.07. The molecule has 7 heteroatoms. The molecule has 1 fully saturated rings. The molecule has 0 heterocycles. The number of alkyl carbamates (subject to hydrolysis) is 1. The minimum Gasteiger partial charge on any atom is -0.480 e. The summed E-state index contributed by atoms with van der Waals surface area (Å²) in [5.41, 5.74) is 4.66. The highest BCUT2D eigenvalue weighted by molar-refractivity contribution is 5.85. The number of carbonyl (C=O) groups excluding carboxylic acids is 2. The first kappa shape index (κ1) is 21.9. The molecule has 32 heavy (non-hydrogen) atoms. The number of nitrogens with zero attached hydrogens (tertiary/aromatic N) is 1. The highest BCUT2D eigenvalue weighted by atomic mass is 16.5. The van der Waals surface area contributed by atoms with Gasteiger partial charge in [0, 0.05) is 24.4 Å². The SMILES string of the molecule is CCN(C(=O)C1CC(NC(=O)OCC2c3ccccc3-c3ccccc32)C1)C(C)C(=O)O. The Kier molecular flexibility index (Phi) is 6.17. The number of fused-ring (bicyclic) bond motifs is 3. The van der Waals surface area contributed by atoms with Crippen LogP contribution in [0.1, 0.15) is 43.7 Å². The molecule has 7 nitrogen and oxygen atoms in total. The van der Waals surface area contributed by atoms with E-state index in [9.17, 15) is 19.5 Å². The second kappa shape index (κ2) is 9.02. The number of likely N-dealkylation sites (N-methyl/N-ethyl adjacent to an activating group) is 1. The molecule has 168 valence electrons. The van der Waals surface area contributed by atoms with Crippen LogP contribution in [0.2, 0.25) is 0 Å². The van der Waals surface area contributed by atoms with Crippen molar-refractivity contribution in [3.63, 3.8) is 0 Å². The van der Waals surface area contributed by atoms with E-state index >= 15 is 0 Å². The lowest BCUT2D eigenvalue weighted by Gasteiger charge is -2.38. The molecule has 0 bridgehead atoms. The first-order chi connectivity index (χ1) is 15.4. The molecule has 1 saturated carbocycles. The fourth-order valence-electron chi connectivity index (χ4n) is 4.73. The zero-order valence-electron chi connectivity index (χ0n) is 18.3. The van der Waals surface area contributed by atoms with Gasteiger partial charge in [-0.3, -0.25) is 4.79 Å². The third-order valence-electron chi connectivity index (χ3n) is 6.60. The summed E-state index contributed by atoms with van der Waals surface area (Å²) >= 11 is 0. The summed E-state index contributed by atoms with van der Waals surface area (Å²) in [7, 11) is 0. The van der Waals surface area contributed by atoms with Gasteiger partial charge in [-0.1, -0.05) is 48.5 Å². The second-order valence-corrected chi connectivity index (χ2v) is 8.47. The molecule has 0 radical (unpaired) electrons. The fourth-order valence-corrected chi connectivity index (χ4v) is 4.73. The number of aliphatic carboxylic acids is 1. The Morgan fingerprint density at radius 3 is 2.16 bits per heavy atom. The lowest BCUT2D eigenvalue weighted by atomic mass is 9.79. The average molecular weight is 437 g/mol. The van der Waals surface area contributed by atoms with Crippen LogP contribution in [0.3, 0.4) is 0 Å². The Bertz CT molecular complexity index is 985. The molecule has 2 aliphatic rings. The van der Waals surface area contributed by atoms with Crippen molar-refractivity contribution < 1.29 is 24.2 Å². The number of carboxylic acids is 1. The van der Waals surface area contributed by atoms with Crippen molar-refractivity contribution >= 4 is 18.0 Å². The summed E-state index contributed by atoms with van der Waals surface area (Å²) in [5, 5.41) is 12.0. The molecule has 2 N–H and O–H groups in total. The van der Waals surface area contributed by atoms with Gasteiger partial charge in [0.05, 0.1) is 0 Å². The van der Waals surface area contributed by atoms with Crippen LogP contribution in [-0.4, -0.2) is 53.2 Å². The Hall–Kier alpha value is -3.35. The minimum atomic E-state index is -1.02. The van der Waals surface area contributed by atoms with Crippen LogP contribution in [0.25, 0.3) is 11.1 Å². The molecule has 0 aliphatic heterocycles. The molecule has 0 saturated heterocycles.